The van der Waals surface area contributed by atoms with Crippen LogP contribution in [0.15, 0.2) is 12.2 Å². The molecule has 6 nitrogen and oxygen atoms in total. The van der Waals surface area contributed by atoms with E-state index in [1.165, 1.54) is 11.3 Å². The summed E-state index contributed by atoms with van der Waals surface area (Å²) in [4.78, 5) is 37.7. The summed E-state index contributed by atoms with van der Waals surface area (Å²) in [6, 6.07) is 0. The minimum Gasteiger partial charge on any atom is -0.481 e. The van der Waals surface area contributed by atoms with Gasteiger partial charge in [-0.05, 0) is 49.0 Å². The normalized spacial score (nSPS) is 31.7. The number of fused-ring (bicyclic) bond motifs is 3. The topological polar surface area (TPSA) is 109 Å². The number of hydrogen-bond acceptors (Lipinski definition) is 4. The van der Waals surface area contributed by atoms with Gasteiger partial charge in [-0.25, -0.2) is 0 Å². The van der Waals surface area contributed by atoms with Crippen molar-refractivity contribution in [3.8, 4) is 0 Å². The number of anilines is 1. The lowest BCUT2D eigenvalue weighted by Crippen LogP contribution is -2.36. The average Bonchev–Trinajstić information content (AvgIpc) is 3.25. The third-order valence-corrected chi connectivity index (χ3v) is 7.21. The van der Waals surface area contributed by atoms with Crippen molar-refractivity contribution in [2.45, 2.75) is 32.6 Å². The van der Waals surface area contributed by atoms with Gasteiger partial charge in [-0.1, -0.05) is 19.1 Å². The Morgan fingerprint density at radius 1 is 1.23 bits per heavy atom. The van der Waals surface area contributed by atoms with Crippen molar-refractivity contribution in [2.24, 2.45) is 35.3 Å². The quantitative estimate of drug-likeness (QED) is 0.703. The molecule has 1 saturated carbocycles. The lowest BCUT2D eigenvalue weighted by atomic mass is 9.82. The molecule has 26 heavy (non-hydrogen) atoms. The van der Waals surface area contributed by atoms with E-state index in [0.29, 0.717) is 22.9 Å². The van der Waals surface area contributed by atoms with Crippen molar-refractivity contribution < 1.29 is 19.5 Å². The Hall–Kier alpha value is -2.15. The molecule has 0 spiro atoms. The predicted molar refractivity (Wildman–Crippen MR) is 98.0 cm³/mol. The Labute approximate surface area is 155 Å². The van der Waals surface area contributed by atoms with E-state index in [1.807, 2.05) is 12.2 Å². The molecule has 3 aliphatic carbocycles. The summed E-state index contributed by atoms with van der Waals surface area (Å²) in [6.07, 6.45) is 7.23. The molecule has 3 aliphatic rings. The number of amides is 2. The number of carbonyl (C=O) groups is 3. The molecule has 0 aliphatic heterocycles. The molecule has 4 N–H and O–H groups in total. The van der Waals surface area contributed by atoms with Crippen LogP contribution >= 0.6 is 11.3 Å². The number of rotatable bonds is 4. The van der Waals surface area contributed by atoms with E-state index in [2.05, 4.69) is 12.2 Å². The van der Waals surface area contributed by atoms with Crippen LogP contribution in [0.4, 0.5) is 5.00 Å². The Kier molecular flexibility index (Phi) is 4.14. The van der Waals surface area contributed by atoms with Gasteiger partial charge in [0.1, 0.15) is 5.00 Å². The fourth-order valence-corrected chi connectivity index (χ4v) is 6.23. The Morgan fingerprint density at radius 3 is 2.58 bits per heavy atom. The van der Waals surface area contributed by atoms with Gasteiger partial charge in [0.2, 0.25) is 5.91 Å². The highest BCUT2D eigenvalue weighted by Crippen LogP contribution is 2.49. The molecular weight excluding hydrogens is 352 g/mol. The van der Waals surface area contributed by atoms with Crippen LogP contribution in [-0.2, 0) is 22.4 Å². The monoisotopic (exact) mass is 374 g/mol. The van der Waals surface area contributed by atoms with E-state index in [1.54, 1.807) is 0 Å². The molecule has 0 radical (unpaired) electrons. The highest BCUT2D eigenvalue weighted by atomic mass is 32.1. The molecule has 4 rings (SSSR count). The van der Waals surface area contributed by atoms with E-state index < -0.39 is 23.7 Å². The van der Waals surface area contributed by atoms with E-state index in [0.717, 1.165) is 29.7 Å². The molecular formula is C19H22N2O4S. The van der Waals surface area contributed by atoms with Crippen LogP contribution < -0.4 is 11.1 Å². The minimum atomic E-state index is -0.934. The molecule has 0 saturated heterocycles. The fourth-order valence-electron chi connectivity index (χ4n) is 4.81. The van der Waals surface area contributed by atoms with Crippen molar-refractivity contribution in [3.63, 3.8) is 0 Å². The van der Waals surface area contributed by atoms with Gasteiger partial charge in [0.25, 0.3) is 5.91 Å². The highest BCUT2D eigenvalue weighted by Gasteiger charge is 2.51. The van der Waals surface area contributed by atoms with Gasteiger partial charge in [0.05, 0.1) is 17.4 Å². The number of allylic oxidation sites excluding steroid dienone is 2. The van der Waals surface area contributed by atoms with Crippen LogP contribution in [0.3, 0.4) is 0 Å². The summed E-state index contributed by atoms with van der Waals surface area (Å²) < 4.78 is 0. The minimum absolute atomic E-state index is 0.0484. The van der Waals surface area contributed by atoms with Crippen molar-refractivity contribution in [1.29, 1.82) is 0 Å². The zero-order chi connectivity index (χ0) is 18.6. The summed E-state index contributed by atoms with van der Waals surface area (Å²) >= 11 is 1.41. The third kappa shape index (κ3) is 2.65. The Bertz CT molecular complexity index is 828. The van der Waals surface area contributed by atoms with Crippen LogP contribution in [0, 0.1) is 29.6 Å². The van der Waals surface area contributed by atoms with Crippen LogP contribution in [-0.4, -0.2) is 22.9 Å². The van der Waals surface area contributed by atoms with E-state index in [9.17, 15) is 19.5 Å². The third-order valence-electron chi connectivity index (χ3n) is 6.04. The number of nitrogens with one attached hydrogen (secondary N) is 1. The molecule has 7 heteroatoms. The largest absolute Gasteiger partial charge is 0.481 e. The number of primary amides is 1. The van der Waals surface area contributed by atoms with Crippen molar-refractivity contribution in [1.82, 2.24) is 0 Å². The average molecular weight is 374 g/mol. The van der Waals surface area contributed by atoms with Crippen molar-refractivity contribution in [2.75, 3.05) is 5.32 Å². The number of carbonyl (C=O) groups excluding carboxylic acids is 2. The summed E-state index contributed by atoms with van der Waals surface area (Å²) in [5.41, 5.74) is 6.96. The first kappa shape index (κ1) is 17.3. The lowest BCUT2D eigenvalue weighted by Gasteiger charge is -2.23. The van der Waals surface area contributed by atoms with Gasteiger partial charge in [0, 0.05) is 4.88 Å². The second kappa shape index (κ2) is 6.23. The van der Waals surface area contributed by atoms with Gasteiger partial charge < -0.3 is 16.2 Å². The van der Waals surface area contributed by atoms with Gasteiger partial charge in [-0.3, -0.25) is 14.4 Å². The summed E-state index contributed by atoms with van der Waals surface area (Å²) in [5.74, 6) is -2.67. The SMILES string of the molecule is C[C@H]1CCc2c(sc(NC(=O)[C@@H]3[C@@H](C(=O)O)[C@H]4C=C[C@H]3C4)c2C(N)=O)C1. The zero-order valence-electron chi connectivity index (χ0n) is 14.5. The lowest BCUT2D eigenvalue weighted by molar-refractivity contribution is -0.146. The molecule has 1 aromatic heterocycles. The molecule has 138 valence electrons. The first-order chi connectivity index (χ1) is 12.4. The van der Waals surface area contributed by atoms with E-state index in [4.69, 9.17) is 5.73 Å². The smallest absolute Gasteiger partial charge is 0.307 e. The van der Waals surface area contributed by atoms with Gasteiger partial charge in [0.15, 0.2) is 0 Å². The molecule has 0 aromatic carbocycles. The van der Waals surface area contributed by atoms with E-state index in [-0.39, 0.29) is 17.7 Å². The number of nitrogens with two attached hydrogens (primary N) is 1. The maximum Gasteiger partial charge on any atom is 0.307 e. The van der Waals surface area contributed by atoms with Crippen molar-refractivity contribution >= 4 is 34.1 Å². The highest BCUT2D eigenvalue weighted by molar-refractivity contribution is 7.17. The molecule has 2 bridgehead atoms. The van der Waals surface area contributed by atoms with Crippen LogP contribution in [0.2, 0.25) is 0 Å². The Morgan fingerprint density at radius 2 is 1.92 bits per heavy atom. The van der Waals surface area contributed by atoms with Crippen LogP contribution in [0.25, 0.3) is 0 Å². The summed E-state index contributed by atoms with van der Waals surface area (Å²) in [6.45, 7) is 2.17. The van der Waals surface area contributed by atoms with Crippen LogP contribution in [0.1, 0.15) is 40.6 Å². The van der Waals surface area contributed by atoms with Gasteiger partial charge in [-0.2, -0.15) is 0 Å². The number of aliphatic carboxylic acids is 1. The molecule has 2 amide bonds. The second-order valence-corrected chi connectivity index (χ2v) is 8.85. The second-order valence-electron chi connectivity index (χ2n) is 7.75. The first-order valence-electron chi connectivity index (χ1n) is 9.03. The van der Waals surface area contributed by atoms with Gasteiger partial charge in [-0.15, -0.1) is 11.3 Å². The van der Waals surface area contributed by atoms with Crippen molar-refractivity contribution in [3.05, 3.63) is 28.2 Å². The number of carboxylic acid groups (broad SMARTS) is 1. The van der Waals surface area contributed by atoms with E-state index >= 15 is 0 Å². The maximum atomic E-state index is 12.9. The zero-order valence-corrected chi connectivity index (χ0v) is 15.3. The van der Waals surface area contributed by atoms with Crippen LogP contribution in [0.5, 0.6) is 0 Å². The number of hydrogen-bond donors (Lipinski definition) is 3. The molecule has 1 aromatic rings. The molecule has 0 unspecified atom stereocenters. The Balaban J connectivity index is 1.63. The summed E-state index contributed by atoms with van der Waals surface area (Å²) in [7, 11) is 0. The standard InChI is InChI=1S/C19H22N2O4S/c1-8-2-5-11-12(6-8)26-18(15(11)16(20)22)21-17(23)13-9-3-4-10(7-9)14(13)19(24)25/h3-4,8-10,13-14H,2,5-7H2,1H3,(H2,20,22)(H,21,23)(H,24,25)/t8-,9-,10-,13-,14-/m0/s1. The predicted octanol–water partition coefficient (Wildman–Crippen LogP) is 2.43. The summed E-state index contributed by atoms with van der Waals surface area (Å²) in [5, 5.41) is 12.9. The molecule has 1 fully saturated rings. The maximum absolute atomic E-state index is 12.9. The number of carboxylic acids is 1. The number of thiophene rings is 1. The molecule has 5 atom stereocenters. The van der Waals surface area contributed by atoms with Gasteiger partial charge >= 0.3 is 5.97 Å². The first-order valence-corrected chi connectivity index (χ1v) is 9.84. The fraction of sp³-hybridized carbons (Fsp3) is 0.526. The molecule has 1 heterocycles.